The fraction of sp³-hybridized carbons (Fsp3) is 0.312. The van der Waals surface area contributed by atoms with Crippen LogP contribution < -0.4 is 10.6 Å². The van der Waals surface area contributed by atoms with Crippen LogP contribution in [0.3, 0.4) is 0 Å². The van der Waals surface area contributed by atoms with E-state index in [4.69, 9.17) is 27.7 Å². The number of benzene rings is 1. The smallest absolute Gasteiger partial charge is 0.322 e. The Balaban J connectivity index is 2.02. The number of hydrogen-bond acceptors (Lipinski definition) is 4. The van der Waals surface area contributed by atoms with E-state index in [1.54, 1.807) is 31.2 Å². The SMILES string of the molecule is CCCN(CC(=O)Nc1cc(C)on1)C(=O)Nc1cccc(Cl)c1Cl. The van der Waals surface area contributed by atoms with Crippen LogP contribution in [0.25, 0.3) is 0 Å². The average Bonchev–Trinajstić information content (AvgIpc) is 2.96. The molecule has 0 radical (unpaired) electrons. The number of carbonyl (C=O) groups excluding carboxylic acids is 2. The maximum Gasteiger partial charge on any atom is 0.322 e. The zero-order valence-electron chi connectivity index (χ0n) is 13.8. The molecule has 0 spiro atoms. The Kier molecular flexibility index (Phi) is 6.66. The Morgan fingerprint density at radius 3 is 2.68 bits per heavy atom. The van der Waals surface area contributed by atoms with E-state index in [1.807, 2.05) is 6.92 Å². The summed E-state index contributed by atoms with van der Waals surface area (Å²) < 4.78 is 4.88. The molecule has 0 aliphatic rings. The summed E-state index contributed by atoms with van der Waals surface area (Å²) in [5.74, 6) is 0.500. The van der Waals surface area contributed by atoms with Gasteiger partial charge in [-0.1, -0.05) is 41.3 Å². The van der Waals surface area contributed by atoms with Crippen molar-refractivity contribution >= 4 is 46.6 Å². The van der Waals surface area contributed by atoms with Crippen LogP contribution in [0.1, 0.15) is 19.1 Å². The summed E-state index contributed by atoms with van der Waals surface area (Å²) in [4.78, 5) is 26.0. The predicted molar refractivity (Wildman–Crippen MR) is 97.2 cm³/mol. The highest BCUT2D eigenvalue weighted by atomic mass is 35.5. The third kappa shape index (κ3) is 5.37. The molecule has 0 saturated carbocycles. The highest BCUT2D eigenvalue weighted by Gasteiger charge is 2.18. The van der Waals surface area contributed by atoms with E-state index >= 15 is 0 Å². The fourth-order valence-electron chi connectivity index (χ4n) is 2.10. The molecule has 0 aliphatic carbocycles. The molecule has 1 aromatic heterocycles. The van der Waals surface area contributed by atoms with Gasteiger partial charge in [0.15, 0.2) is 5.82 Å². The summed E-state index contributed by atoms with van der Waals surface area (Å²) in [5.41, 5.74) is 0.382. The molecule has 2 rings (SSSR count). The number of nitrogens with zero attached hydrogens (tertiary/aromatic N) is 2. The van der Waals surface area contributed by atoms with Gasteiger partial charge in [0.2, 0.25) is 5.91 Å². The lowest BCUT2D eigenvalue weighted by Crippen LogP contribution is -2.41. The summed E-state index contributed by atoms with van der Waals surface area (Å²) in [6, 6.07) is 6.07. The number of rotatable bonds is 6. The van der Waals surface area contributed by atoms with Crippen molar-refractivity contribution in [2.24, 2.45) is 0 Å². The average molecular weight is 385 g/mol. The van der Waals surface area contributed by atoms with E-state index in [0.29, 0.717) is 35.3 Å². The third-order valence-corrected chi connectivity index (χ3v) is 4.02. The van der Waals surface area contributed by atoms with Gasteiger partial charge in [0, 0.05) is 12.6 Å². The maximum atomic E-state index is 12.5. The van der Waals surface area contributed by atoms with E-state index in [-0.39, 0.29) is 17.5 Å². The molecule has 7 nitrogen and oxygen atoms in total. The number of aromatic nitrogens is 1. The second-order valence-corrected chi connectivity index (χ2v) is 6.11. The molecule has 25 heavy (non-hydrogen) atoms. The van der Waals surface area contributed by atoms with Crippen molar-refractivity contribution in [3.05, 3.63) is 40.1 Å². The highest BCUT2D eigenvalue weighted by Crippen LogP contribution is 2.29. The van der Waals surface area contributed by atoms with Gasteiger partial charge in [0.05, 0.1) is 15.7 Å². The molecule has 0 bridgehead atoms. The molecule has 0 fully saturated rings. The molecular formula is C16H18Cl2N4O3. The van der Waals surface area contributed by atoms with Gasteiger partial charge >= 0.3 is 6.03 Å². The summed E-state index contributed by atoms with van der Waals surface area (Å²) in [6.07, 6.45) is 0.688. The van der Waals surface area contributed by atoms with Crippen molar-refractivity contribution in [2.75, 3.05) is 23.7 Å². The van der Waals surface area contributed by atoms with Gasteiger partial charge in [-0.05, 0) is 25.5 Å². The van der Waals surface area contributed by atoms with Gasteiger partial charge < -0.3 is 20.1 Å². The summed E-state index contributed by atoms with van der Waals surface area (Å²) in [7, 11) is 0. The van der Waals surface area contributed by atoms with Crippen molar-refractivity contribution in [1.82, 2.24) is 10.1 Å². The summed E-state index contributed by atoms with van der Waals surface area (Å²) in [5, 5.41) is 9.51. The first kappa shape index (κ1) is 19.1. The van der Waals surface area contributed by atoms with Crippen LogP contribution in [0, 0.1) is 6.92 Å². The van der Waals surface area contributed by atoms with Crippen molar-refractivity contribution in [2.45, 2.75) is 20.3 Å². The lowest BCUT2D eigenvalue weighted by atomic mass is 10.3. The van der Waals surface area contributed by atoms with Crippen LogP contribution >= 0.6 is 23.2 Å². The Morgan fingerprint density at radius 2 is 2.04 bits per heavy atom. The zero-order chi connectivity index (χ0) is 18.4. The molecule has 9 heteroatoms. The van der Waals surface area contributed by atoms with Crippen molar-refractivity contribution < 1.29 is 14.1 Å². The second kappa shape index (κ2) is 8.73. The molecule has 0 saturated heterocycles. The number of hydrogen-bond donors (Lipinski definition) is 2. The molecule has 0 unspecified atom stereocenters. The minimum Gasteiger partial charge on any atom is -0.360 e. The lowest BCUT2D eigenvalue weighted by Gasteiger charge is -2.22. The summed E-state index contributed by atoms with van der Waals surface area (Å²) >= 11 is 12.0. The number of urea groups is 1. The molecule has 2 aromatic rings. The van der Waals surface area contributed by atoms with E-state index in [0.717, 1.165) is 0 Å². The van der Waals surface area contributed by atoms with Gasteiger partial charge in [-0.3, -0.25) is 4.79 Å². The van der Waals surface area contributed by atoms with Crippen molar-refractivity contribution in [3.8, 4) is 0 Å². The van der Waals surface area contributed by atoms with Crippen LogP contribution in [-0.2, 0) is 4.79 Å². The van der Waals surface area contributed by atoms with Crippen molar-refractivity contribution in [3.63, 3.8) is 0 Å². The van der Waals surface area contributed by atoms with E-state index in [9.17, 15) is 9.59 Å². The molecule has 2 N–H and O–H groups in total. The number of halogens is 2. The van der Waals surface area contributed by atoms with Crippen LogP contribution in [0.5, 0.6) is 0 Å². The minimum absolute atomic E-state index is 0.135. The molecular weight excluding hydrogens is 367 g/mol. The maximum absolute atomic E-state index is 12.5. The van der Waals surface area contributed by atoms with Gasteiger partial charge in [0.1, 0.15) is 12.3 Å². The fourth-order valence-corrected chi connectivity index (χ4v) is 2.45. The largest absolute Gasteiger partial charge is 0.360 e. The molecule has 0 aliphatic heterocycles. The van der Waals surface area contributed by atoms with Crippen LogP contribution in [0.4, 0.5) is 16.3 Å². The first-order valence-corrected chi connectivity index (χ1v) is 8.39. The standard InChI is InChI=1S/C16H18Cl2N4O3/c1-3-7-22(9-14(23)20-13-8-10(2)25-21-13)16(24)19-12-6-4-5-11(17)15(12)18/h4-6,8H,3,7,9H2,1-2H3,(H,19,24)(H,20,21,23). The second-order valence-electron chi connectivity index (χ2n) is 5.32. The molecule has 1 heterocycles. The highest BCUT2D eigenvalue weighted by molar-refractivity contribution is 6.43. The van der Waals surface area contributed by atoms with Gasteiger partial charge in [-0.15, -0.1) is 0 Å². The number of carbonyl (C=O) groups is 2. The molecule has 1 aromatic carbocycles. The zero-order valence-corrected chi connectivity index (χ0v) is 15.3. The Hall–Kier alpha value is -2.25. The Labute approximate surface area is 155 Å². The number of aryl methyl sites for hydroxylation is 1. The first-order chi connectivity index (χ1) is 11.9. The number of nitrogens with one attached hydrogen (secondary N) is 2. The van der Waals surface area contributed by atoms with E-state index in [2.05, 4.69) is 15.8 Å². The van der Waals surface area contributed by atoms with E-state index in [1.165, 1.54) is 4.90 Å². The van der Waals surface area contributed by atoms with Crippen molar-refractivity contribution in [1.29, 1.82) is 0 Å². The van der Waals surface area contributed by atoms with Crippen LogP contribution in [0.2, 0.25) is 10.0 Å². The minimum atomic E-state index is -0.447. The van der Waals surface area contributed by atoms with Crippen LogP contribution in [0.15, 0.2) is 28.8 Å². The topological polar surface area (TPSA) is 87.5 Å². The predicted octanol–water partition coefficient (Wildman–Crippen LogP) is 4.17. The summed E-state index contributed by atoms with van der Waals surface area (Å²) in [6.45, 7) is 3.89. The lowest BCUT2D eigenvalue weighted by molar-refractivity contribution is -0.116. The van der Waals surface area contributed by atoms with E-state index < -0.39 is 6.03 Å². The Bertz CT molecular complexity index is 764. The number of amides is 3. The normalized spacial score (nSPS) is 10.4. The van der Waals surface area contributed by atoms with Gasteiger partial charge in [-0.2, -0.15) is 0 Å². The Morgan fingerprint density at radius 1 is 1.28 bits per heavy atom. The van der Waals surface area contributed by atoms with Gasteiger partial charge in [-0.25, -0.2) is 4.79 Å². The first-order valence-electron chi connectivity index (χ1n) is 7.63. The monoisotopic (exact) mass is 384 g/mol. The molecule has 0 atom stereocenters. The van der Waals surface area contributed by atoms with Gasteiger partial charge in [0.25, 0.3) is 0 Å². The third-order valence-electron chi connectivity index (χ3n) is 3.20. The number of anilines is 2. The quantitative estimate of drug-likeness (QED) is 0.781. The molecule has 3 amide bonds. The molecule has 134 valence electrons. The van der Waals surface area contributed by atoms with Crippen LogP contribution in [-0.4, -0.2) is 35.1 Å².